The molecular formula is C11H17NOS2. The van der Waals surface area contributed by atoms with Gasteiger partial charge in [0.1, 0.15) is 0 Å². The molecule has 2 nitrogen and oxygen atoms in total. The lowest BCUT2D eigenvalue weighted by molar-refractivity contribution is 0.682. The number of hydrogen-bond acceptors (Lipinski definition) is 3. The van der Waals surface area contributed by atoms with Gasteiger partial charge in [-0.15, -0.1) is 0 Å². The molecule has 0 heterocycles. The quantitative estimate of drug-likeness (QED) is 0.638. The van der Waals surface area contributed by atoms with Crippen LogP contribution in [0.1, 0.15) is 12.0 Å². The SMILES string of the molecule is CSCCCS(=O)c1cc(C)ccc1N. The van der Waals surface area contributed by atoms with Crippen LogP contribution in [0.25, 0.3) is 0 Å². The minimum absolute atomic E-state index is 0.642. The summed E-state index contributed by atoms with van der Waals surface area (Å²) in [6, 6.07) is 5.69. The Bertz CT molecular complexity index is 352. The van der Waals surface area contributed by atoms with Gasteiger partial charge < -0.3 is 5.73 Å². The first-order valence-corrected chi connectivity index (χ1v) is 7.60. The second kappa shape index (κ2) is 6.18. The third-order valence-corrected chi connectivity index (χ3v) is 4.29. The lowest BCUT2D eigenvalue weighted by atomic mass is 10.2. The van der Waals surface area contributed by atoms with Gasteiger partial charge in [-0.1, -0.05) is 6.07 Å². The molecule has 0 saturated heterocycles. The van der Waals surface area contributed by atoms with E-state index in [1.807, 2.05) is 25.1 Å². The van der Waals surface area contributed by atoms with E-state index in [1.54, 1.807) is 11.8 Å². The van der Waals surface area contributed by atoms with Crippen LogP contribution < -0.4 is 5.73 Å². The van der Waals surface area contributed by atoms with Gasteiger partial charge in [-0.3, -0.25) is 4.21 Å². The van der Waals surface area contributed by atoms with E-state index in [0.29, 0.717) is 11.4 Å². The van der Waals surface area contributed by atoms with Gasteiger partial charge in [0.15, 0.2) is 0 Å². The molecule has 15 heavy (non-hydrogen) atoms. The van der Waals surface area contributed by atoms with Gasteiger partial charge >= 0.3 is 0 Å². The minimum Gasteiger partial charge on any atom is -0.398 e. The second-order valence-corrected chi connectivity index (χ2v) is 5.96. The Kier molecular flexibility index (Phi) is 5.19. The average Bonchev–Trinajstić information content (AvgIpc) is 2.22. The van der Waals surface area contributed by atoms with Crippen molar-refractivity contribution in [3.8, 4) is 0 Å². The molecule has 0 aromatic heterocycles. The van der Waals surface area contributed by atoms with Crippen LogP contribution in [0, 0.1) is 6.92 Å². The highest BCUT2D eigenvalue weighted by molar-refractivity contribution is 7.98. The fraction of sp³-hybridized carbons (Fsp3) is 0.455. The Morgan fingerprint density at radius 2 is 2.20 bits per heavy atom. The Labute approximate surface area is 98.1 Å². The normalized spacial score (nSPS) is 12.7. The Morgan fingerprint density at radius 3 is 2.87 bits per heavy atom. The summed E-state index contributed by atoms with van der Waals surface area (Å²) in [5.41, 5.74) is 7.55. The first-order valence-electron chi connectivity index (χ1n) is 4.88. The molecule has 0 fully saturated rings. The van der Waals surface area contributed by atoms with Crippen molar-refractivity contribution in [1.29, 1.82) is 0 Å². The summed E-state index contributed by atoms with van der Waals surface area (Å²) in [4.78, 5) is 0.788. The average molecular weight is 243 g/mol. The lowest BCUT2D eigenvalue weighted by Crippen LogP contribution is -2.03. The van der Waals surface area contributed by atoms with Gasteiger partial charge in [0, 0.05) is 11.4 Å². The number of hydrogen-bond donors (Lipinski definition) is 1. The van der Waals surface area contributed by atoms with Crippen LogP contribution >= 0.6 is 11.8 Å². The Balaban J connectivity index is 2.68. The van der Waals surface area contributed by atoms with Crippen LogP contribution in [0.2, 0.25) is 0 Å². The molecule has 1 unspecified atom stereocenters. The van der Waals surface area contributed by atoms with Gasteiger partial charge in [0.25, 0.3) is 0 Å². The summed E-state index contributed by atoms with van der Waals surface area (Å²) in [5.74, 6) is 1.76. The molecule has 4 heteroatoms. The van der Waals surface area contributed by atoms with E-state index in [4.69, 9.17) is 5.73 Å². The summed E-state index contributed by atoms with van der Waals surface area (Å²) in [6.45, 7) is 1.99. The van der Waals surface area contributed by atoms with Crippen LogP contribution in [-0.2, 0) is 10.8 Å². The van der Waals surface area contributed by atoms with Gasteiger partial charge in [0.2, 0.25) is 0 Å². The maximum atomic E-state index is 11.9. The molecule has 1 atom stereocenters. The highest BCUT2D eigenvalue weighted by atomic mass is 32.2. The van der Waals surface area contributed by atoms with Gasteiger partial charge in [-0.25, -0.2) is 0 Å². The summed E-state index contributed by atoms with van der Waals surface area (Å²) >= 11 is 1.78. The minimum atomic E-state index is -0.945. The molecule has 0 amide bonds. The van der Waals surface area contributed by atoms with E-state index in [0.717, 1.165) is 22.6 Å². The van der Waals surface area contributed by atoms with Crippen molar-refractivity contribution in [2.45, 2.75) is 18.2 Å². The summed E-state index contributed by atoms with van der Waals surface area (Å²) in [6.07, 6.45) is 3.03. The Hall–Kier alpha value is -0.480. The maximum Gasteiger partial charge on any atom is 0.0620 e. The van der Waals surface area contributed by atoms with E-state index in [2.05, 4.69) is 6.26 Å². The van der Waals surface area contributed by atoms with Gasteiger partial charge in [0.05, 0.1) is 15.7 Å². The van der Waals surface area contributed by atoms with Crippen molar-refractivity contribution in [2.24, 2.45) is 0 Å². The number of aryl methyl sites for hydroxylation is 1. The molecule has 84 valence electrons. The monoisotopic (exact) mass is 243 g/mol. The second-order valence-electron chi connectivity index (χ2n) is 3.44. The van der Waals surface area contributed by atoms with E-state index < -0.39 is 10.8 Å². The third kappa shape index (κ3) is 3.87. The number of thioether (sulfide) groups is 1. The standard InChI is InChI=1S/C11H17NOS2/c1-9-4-5-10(12)11(8-9)15(13)7-3-6-14-2/h4-5,8H,3,6-7,12H2,1-2H3. The molecular weight excluding hydrogens is 226 g/mol. The molecule has 0 aliphatic rings. The summed E-state index contributed by atoms with van der Waals surface area (Å²) < 4.78 is 11.9. The van der Waals surface area contributed by atoms with Crippen molar-refractivity contribution in [3.05, 3.63) is 23.8 Å². The van der Waals surface area contributed by atoms with E-state index in [-0.39, 0.29) is 0 Å². The van der Waals surface area contributed by atoms with Crippen molar-refractivity contribution >= 4 is 28.2 Å². The molecule has 1 aromatic rings. The fourth-order valence-corrected chi connectivity index (χ4v) is 3.17. The molecule has 0 bridgehead atoms. The molecule has 2 N–H and O–H groups in total. The predicted molar refractivity (Wildman–Crippen MR) is 69.9 cm³/mol. The van der Waals surface area contributed by atoms with Crippen LogP contribution in [0.3, 0.4) is 0 Å². The van der Waals surface area contributed by atoms with Crippen molar-refractivity contribution < 1.29 is 4.21 Å². The number of anilines is 1. The van der Waals surface area contributed by atoms with Gasteiger partial charge in [-0.05, 0) is 43.0 Å². The van der Waals surface area contributed by atoms with Crippen LogP contribution in [0.15, 0.2) is 23.1 Å². The lowest BCUT2D eigenvalue weighted by Gasteiger charge is -2.06. The molecule has 1 rings (SSSR count). The van der Waals surface area contributed by atoms with Crippen molar-refractivity contribution in [1.82, 2.24) is 0 Å². The number of nitrogens with two attached hydrogens (primary N) is 1. The van der Waals surface area contributed by atoms with E-state index in [9.17, 15) is 4.21 Å². The largest absolute Gasteiger partial charge is 0.398 e. The molecule has 1 aromatic carbocycles. The zero-order valence-corrected chi connectivity index (χ0v) is 10.8. The first kappa shape index (κ1) is 12.6. The summed E-state index contributed by atoms with van der Waals surface area (Å²) in [7, 11) is -0.945. The molecule has 0 radical (unpaired) electrons. The Morgan fingerprint density at radius 1 is 1.47 bits per heavy atom. The molecule has 0 spiro atoms. The van der Waals surface area contributed by atoms with Crippen molar-refractivity contribution in [3.63, 3.8) is 0 Å². The number of benzene rings is 1. The predicted octanol–water partition coefficient (Wildman–Crippen LogP) is 2.44. The highest BCUT2D eigenvalue weighted by Gasteiger charge is 2.07. The van der Waals surface area contributed by atoms with Gasteiger partial charge in [-0.2, -0.15) is 11.8 Å². The third-order valence-electron chi connectivity index (χ3n) is 2.09. The smallest absolute Gasteiger partial charge is 0.0620 e. The van der Waals surface area contributed by atoms with Crippen LogP contribution in [-0.4, -0.2) is 22.0 Å². The van der Waals surface area contributed by atoms with E-state index >= 15 is 0 Å². The zero-order chi connectivity index (χ0) is 11.3. The molecule has 0 aliphatic heterocycles. The molecule has 0 aliphatic carbocycles. The number of rotatable bonds is 5. The first-order chi connectivity index (χ1) is 7.15. The maximum absolute atomic E-state index is 11.9. The summed E-state index contributed by atoms with van der Waals surface area (Å²) in [5, 5.41) is 0. The topological polar surface area (TPSA) is 43.1 Å². The van der Waals surface area contributed by atoms with Crippen molar-refractivity contribution in [2.75, 3.05) is 23.5 Å². The van der Waals surface area contributed by atoms with Crippen LogP contribution in [0.5, 0.6) is 0 Å². The van der Waals surface area contributed by atoms with Crippen LogP contribution in [0.4, 0.5) is 5.69 Å². The zero-order valence-electron chi connectivity index (χ0n) is 9.16. The highest BCUT2D eigenvalue weighted by Crippen LogP contribution is 2.18. The number of nitrogen functional groups attached to an aromatic ring is 1. The van der Waals surface area contributed by atoms with E-state index in [1.165, 1.54) is 0 Å². The fourth-order valence-electron chi connectivity index (χ4n) is 1.28. The molecule has 0 saturated carbocycles.